The molecule has 0 aliphatic carbocycles. The molecule has 8 heteroatoms. The molecule has 0 aliphatic heterocycles. The van der Waals surface area contributed by atoms with Crippen LogP contribution in [0.15, 0.2) is 81.0 Å². The van der Waals surface area contributed by atoms with Crippen LogP contribution in [0.25, 0.3) is 11.1 Å². The zero-order chi connectivity index (χ0) is 21.6. The lowest BCUT2D eigenvalue weighted by Gasteiger charge is -2.16. The van der Waals surface area contributed by atoms with Crippen LogP contribution in [0.5, 0.6) is 0 Å². The Morgan fingerprint density at radius 2 is 1.87 bits per heavy atom. The van der Waals surface area contributed by atoms with Crippen molar-refractivity contribution in [1.29, 1.82) is 0 Å². The molecule has 2 aromatic carbocycles. The lowest BCUT2D eigenvalue weighted by Crippen LogP contribution is -2.30. The maximum atomic E-state index is 12.6. The second-order valence-electron chi connectivity index (χ2n) is 6.80. The van der Waals surface area contributed by atoms with Gasteiger partial charge in [-0.3, -0.25) is 4.79 Å². The van der Waals surface area contributed by atoms with Crippen molar-refractivity contribution in [2.24, 2.45) is 0 Å². The van der Waals surface area contributed by atoms with E-state index in [1.54, 1.807) is 37.6 Å². The molecule has 0 aliphatic rings. The van der Waals surface area contributed by atoms with Crippen molar-refractivity contribution in [1.82, 2.24) is 9.88 Å². The maximum Gasteiger partial charge on any atom is 0.338 e. The first-order valence-electron chi connectivity index (χ1n) is 9.60. The molecule has 0 fully saturated rings. The van der Waals surface area contributed by atoms with Crippen LogP contribution in [0.3, 0.4) is 0 Å². The Morgan fingerprint density at radius 1 is 1.06 bits per heavy atom. The van der Waals surface area contributed by atoms with E-state index >= 15 is 0 Å². The molecule has 0 saturated carbocycles. The predicted octanol–water partition coefficient (Wildman–Crippen LogP) is 4.53. The third-order valence-electron chi connectivity index (χ3n) is 4.59. The highest BCUT2D eigenvalue weighted by Crippen LogP contribution is 2.27. The summed E-state index contributed by atoms with van der Waals surface area (Å²) in [6, 6.07) is 18.2. The molecule has 2 aromatic heterocycles. The number of hydrogen-bond acceptors (Lipinski definition) is 7. The summed E-state index contributed by atoms with van der Waals surface area (Å²) in [4.78, 5) is 30.7. The minimum atomic E-state index is -0.548. The molecular weight excluding hydrogens is 416 g/mol. The zero-order valence-electron chi connectivity index (χ0n) is 16.8. The average molecular weight is 436 g/mol. The van der Waals surface area contributed by atoms with Crippen LogP contribution in [-0.2, 0) is 21.8 Å². The standard InChI is InChI=1S/C23H20N2O5S/c1-25(13-17-8-6-12-28-17)21(26)14-29-22(27)18-9-3-2-7-16(18)15-31-23-24-19-10-4-5-11-20(19)30-23/h2-12H,13-15H2,1H3. The molecule has 31 heavy (non-hydrogen) atoms. The molecule has 0 radical (unpaired) electrons. The van der Waals surface area contributed by atoms with Gasteiger partial charge in [0.05, 0.1) is 18.4 Å². The van der Waals surface area contributed by atoms with E-state index in [9.17, 15) is 9.59 Å². The summed E-state index contributed by atoms with van der Waals surface area (Å²) in [5.41, 5.74) is 2.69. The largest absolute Gasteiger partial charge is 0.467 e. The van der Waals surface area contributed by atoms with Crippen molar-refractivity contribution in [3.8, 4) is 0 Å². The number of fused-ring (bicyclic) bond motifs is 1. The Labute approximate surface area is 183 Å². The van der Waals surface area contributed by atoms with E-state index in [1.165, 1.54) is 16.7 Å². The van der Waals surface area contributed by atoms with Gasteiger partial charge in [0.1, 0.15) is 11.3 Å². The Kier molecular flexibility index (Phi) is 6.37. The predicted molar refractivity (Wildman–Crippen MR) is 115 cm³/mol. The Hall–Kier alpha value is -3.52. The van der Waals surface area contributed by atoms with Gasteiger partial charge >= 0.3 is 5.97 Å². The second-order valence-corrected chi connectivity index (χ2v) is 7.73. The molecule has 4 rings (SSSR count). The van der Waals surface area contributed by atoms with Crippen molar-refractivity contribution >= 4 is 34.7 Å². The van der Waals surface area contributed by atoms with Crippen LogP contribution >= 0.6 is 11.8 Å². The van der Waals surface area contributed by atoms with Gasteiger partial charge in [0, 0.05) is 12.8 Å². The lowest BCUT2D eigenvalue weighted by atomic mass is 10.1. The number of aromatic nitrogens is 1. The highest BCUT2D eigenvalue weighted by molar-refractivity contribution is 7.98. The van der Waals surface area contributed by atoms with Crippen molar-refractivity contribution < 1.29 is 23.2 Å². The van der Waals surface area contributed by atoms with Crippen molar-refractivity contribution in [2.45, 2.75) is 17.5 Å². The molecule has 1 amide bonds. The summed E-state index contributed by atoms with van der Waals surface area (Å²) in [6.07, 6.45) is 1.55. The van der Waals surface area contributed by atoms with Crippen LogP contribution in [-0.4, -0.2) is 35.4 Å². The fourth-order valence-electron chi connectivity index (χ4n) is 2.94. The number of para-hydroxylation sites is 2. The van der Waals surface area contributed by atoms with E-state index in [2.05, 4.69) is 4.98 Å². The number of rotatable bonds is 8. The van der Waals surface area contributed by atoms with E-state index in [0.29, 0.717) is 28.8 Å². The number of benzene rings is 2. The summed E-state index contributed by atoms with van der Waals surface area (Å²) in [5.74, 6) is 0.269. The first-order chi connectivity index (χ1) is 15.1. The lowest BCUT2D eigenvalue weighted by molar-refractivity contribution is -0.133. The Balaban J connectivity index is 1.35. The van der Waals surface area contributed by atoms with Crippen LogP contribution in [0, 0.1) is 0 Å². The zero-order valence-corrected chi connectivity index (χ0v) is 17.6. The fourth-order valence-corrected chi connectivity index (χ4v) is 3.78. The Bertz CT molecular complexity index is 1150. The smallest absolute Gasteiger partial charge is 0.338 e. The number of hydrogen-bond donors (Lipinski definition) is 0. The maximum absolute atomic E-state index is 12.6. The minimum absolute atomic E-state index is 0.307. The number of carbonyl (C=O) groups excluding carboxylic acids is 2. The molecule has 0 unspecified atom stereocenters. The van der Waals surface area contributed by atoms with Gasteiger partial charge in [0.25, 0.3) is 11.1 Å². The van der Waals surface area contributed by atoms with Gasteiger partial charge in [-0.2, -0.15) is 0 Å². The van der Waals surface area contributed by atoms with E-state index in [-0.39, 0.29) is 12.5 Å². The summed E-state index contributed by atoms with van der Waals surface area (Å²) in [6.45, 7) is -0.0379. The minimum Gasteiger partial charge on any atom is -0.467 e. The number of ether oxygens (including phenoxy) is 1. The molecule has 158 valence electrons. The average Bonchev–Trinajstić information content (AvgIpc) is 3.45. The number of furan rings is 1. The molecule has 0 bridgehead atoms. The third kappa shape index (κ3) is 5.16. The molecule has 4 aromatic rings. The SMILES string of the molecule is CN(Cc1ccco1)C(=O)COC(=O)c1ccccc1CSc1nc2ccccc2o1. The van der Waals surface area contributed by atoms with Gasteiger partial charge in [-0.25, -0.2) is 9.78 Å². The van der Waals surface area contributed by atoms with Crippen molar-refractivity contribution in [3.05, 3.63) is 83.8 Å². The van der Waals surface area contributed by atoms with Gasteiger partial charge in [-0.1, -0.05) is 42.1 Å². The number of amides is 1. The molecule has 0 atom stereocenters. The molecule has 0 N–H and O–H groups in total. The molecule has 7 nitrogen and oxygen atoms in total. The van der Waals surface area contributed by atoms with E-state index in [4.69, 9.17) is 13.6 Å². The third-order valence-corrected chi connectivity index (χ3v) is 5.47. The van der Waals surface area contributed by atoms with E-state index in [0.717, 1.165) is 16.7 Å². The topological polar surface area (TPSA) is 85.8 Å². The summed E-state index contributed by atoms with van der Waals surface area (Å²) >= 11 is 1.39. The number of carbonyl (C=O) groups is 2. The Morgan fingerprint density at radius 3 is 2.68 bits per heavy atom. The van der Waals surface area contributed by atoms with Gasteiger partial charge in [-0.15, -0.1) is 0 Å². The second kappa shape index (κ2) is 9.53. The van der Waals surface area contributed by atoms with Crippen molar-refractivity contribution in [3.63, 3.8) is 0 Å². The summed E-state index contributed by atoms with van der Waals surface area (Å²) in [5, 5.41) is 0.527. The normalized spacial score (nSPS) is 10.9. The first-order valence-corrected chi connectivity index (χ1v) is 10.6. The highest BCUT2D eigenvalue weighted by atomic mass is 32.2. The monoisotopic (exact) mass is 436 g/mol. The molecule has 2 heterocycles. The number of esters is 1. The molecule has 0 spiro atoms. The van der Waals surface area contributed by atoms with Crippen LogP contribution in [0.2, 0.25) is 0 Å². The number of oxazole rings is 1. The van der Waals surface area contributed by atoms with E-state index < -0.39 is 5.97 Å². The van der Waals surface area contributed by atoms with Gasteiger partial charge in [0.2, 0.25) is 0 Å². The molecule has 0 saturated heterocycles. The van der Waals surface area contributed by atoms with Crippen LogP contribution in [0.1, 0.15) is 21.7 Å². The number of thioether (sulfide) groups is 1. The van der Waals surface area contributed by atoms with Crippen LogP contribution < -0.4 is 0 Å². The fraction of sp³-hybridized carbons (Fsp3) is 0.174. The van der Waals surface area contributed by atoms with Gasteiger partial charge in [-0.05, 0) is 35.9 Å². The quantitative estimate of drug-likeness (QED) is 0.296. The van der Waals surface area contributed by atoms with Crippen molar-refractivity contribution in [2.75, 3.05) is 13.7 Å². The molecular formula is C23H20N2O5S. The highest BCUT2D eigenvalue weighted by Gasteiger charge is 2.17. The van der Waals surface area contributed by atoms with E-state index in [1.807, 2.05) is 36.4 Å². The summed E-state index contributed by atoms with van der Waals surface area (Å²) in [7, 11) is 1.63. The van der Waals surface area contributed by atoms with Gasteiger partial charge in [0.15, 0.2) is 12.2 Å². The van der Waals surface area contributed by atoms with Gasteiger partial charge < -0.3 is 18.5 Å². The van der Waals surface area contributed by atoms with Crippen LogP contribution in [0.4, 0.5) is 0 Å². The first kappa shape index (κ1) is 20.7. The number of nitrogens with zero attached hydrogens (tertiary/aromatic N) is 2. The summed E-state index contributed by atoms with van der Waals surface area (Å²) < 4.78 is 16.2. The number of likely N-dealkylation sites (N-methyl/N-ethyl adjacent to an activating group) is 1.